The fraction of sp³-hybridized carbons (Fsp3) is 0.333. The molecule has 0 atom stereocenters. The molecule has 0 bridgehead atoms. The lowest BCUT2D eigenvalue weighted by Gasteiger charge is -2.25. The van der Waals surface area contributed by atoms with Crippen LogP contribution >= 0.6 is 0 Å². The van der Waals surface area contributed by atoms with Gasteiger partial charge < -0.3 is 10.6 Å². The first-order chi connectivity index (χ1) is 15.5. The topological polar surface area (TPSA) is 142 Å². The van der Waals surface area contributed by atoms with Crippen LogP contribution in [0.2, 0.25) is 0 Å². The minimum absolute atomic E-state index is 0.0135. The zero-order valence-electron chi connectivity index (χ0n) is 18.3. The summed E-state index contributed by atoms with van der Waals surface area (Å²) >= 11 is 0. The number of rotatable bonds is 8. The van der Waals surface area contributed by atoms with Gasteiger partial charge in [0.15, 0.2) is 0 Å². The van der Waals surface area contributed by atoms with Gasteiger partial charge in [0.2, 0.25) is 26.0 Å². The quantitative estimate of drug-likeness (QED) is 0.508. The minimum Gasteiger partial charge on any atom is -0.354 e. The van der Waals surface area contributed by atoms with E-state index in [1.807, 2.05) is 0 Å². The van der Waals surface area contributed by atoms with Gasteiger partial charge in [0.1, 0.15) is 0 Å². The summed E-state index contributed by atoms with van der Waals surface area (Å²) in [5, 5.41) is 5.30. The summed E-state index contributed by atoms with van der Waals surface area (Å²) < 4.78 is 53.2. The van der Waals surface area contributed by atoms with E-state index in [0.29, 0.717) is 23.4 Å². The zero-order valence-corrected chi connectivity index (χ0v) is 19.9. The van der Waals surface area contributed by atoms with E-state index in [1.165, 1.54) is 24.3 Å². The highest BCUT2D eigenvalue weighted by Gasteiger charge is 2.29. The first-order valence-corrected chi connectivity index (χ1v) is 13.4. The predicted molar refractivity (Wildman–Crippen MR) is 125 cm³/mol. The highest BCUT2D eigenvalue weighted by molar-refractivity contribution is 7.92. The van der Waals surface area contributed by atoms with Crippen molar-refractivity contribution in [3.05, 3.63) is 53.6 Å². The Morgan fingerprint density at radius 2 is 1.73 bits per heavy atom. The Labute approximate surface area is 193 Å². The van der Waals surface area contributed by atoms with E-state index >= 15 is 0 Å². The number of sulfonamides is 2. The molecular formula is C21H26N4O6S2. The number of benzene rings is 2. The second-order valence-corrected chi connectivity index (χ2v) is 11.3. The van der Waals surface area contributed by atoms with Crippen molar-refractivity contribution in [3.8, 4) is 0 Å². The molecule has 0 saturated carbocycles. The zero-order chi connectivity index (χ0) is 24.2. The van der Waals surface area contributed by atoms with Crippen LogP contribution in [0.5, 0.6) is 0 Å². The highest BCUT2D eigenvalue weighted by atomic mass is 32.2. The van der Waals surface area contributed by atoms with Crippen LogP contribution in [0.3, 0.4) is 0 Å². The van der Waals surface area contributed by atoms with Crippen molar-refractivity contribution in [1.29, 1.82) is 0 Å². The van der Waals surface area contributed by atoms with E-state index in [4.69, 9.17) is 0 Å². The van der Waals surface area contributed by atoms with Gasteiger partial charge in [-0.3, -0.25) is 14.3 Å². The number of hydrogen-bond donors (Lipinski definition) is 3. The SMILES string of the molecule is CCCS(=O)(=O)Nc1cccc(NC(=O)c2ccc(S(=O)(=O)N3CCNC(=O)C3)cc2)c1C. The van der Waals surface area contributed by atoms with Gasteiger partial charge in [0.05, 0.1) is 22.9 Å². The maximum Gasteiger partial charge on any atom is 0.255 e. The van der Waals surface area contributed by atoms with Gasteiger partial charge in [-0.2, -0.15) is 4.31 Å². The standard InChI is InChI=1S/C21H26N4O6S2/c1-3-13-32(28,29)24-19-6-4-5-18(15(19)2)23-21(27)16-7-9-17(10-8-16)33(30,31)25-12-11-22-20(26)14-25/h4-10,24H,3,11-14H2,1-2H3,(H,22,26)(H,23,27). The van der Waals surface area contributed by atoms with Crippen molar-refractivity contribution in [1.82, 2.24) is 9.62 Å². The number of hydrogen-bond acceptors (Lipinski definition) is 6. The molecule has 0 unspecified atom stereocenters. The van der Waals surface area contributed by atoms with Crippen molar-refractivity contribution in [2.45, 2.75) is 25.2 Å². The van der Waals surface area contributed by atoms with Gasteiger partial charge in [-0.15, -0.1) is 0 Å². The van der Waals surface area contributed by atoms with Crippen LogP contribution in [-0.4, -0.2) is 58.3 Å². The lowest BCUT2D eigenvalue weighted by molar-refractivity contribution is -0.122. The minimum atomic E-state index is -3.86. The smallest absolute Gasteiger partial charge is 0.255 e. The summed E-state index contributed by atoms with van der Waals surface area (Å²) in [7, 11) is -7.34. The van der Waals surface area contributed by atoms with Gasteiger partial charge in [0.25, 0.3) is 5.91 Å². The summed E-state index contributed by atoms with van der Waals surface area (Å²) in [5.41, 5.74) is 1.57. The molecular weight excluding hydrogens is 468 g/mol. The normalized spacial score (nSPS) is 15.0. The summed E-state index contributed by atoms with van der Waals surface area (Å²) in [6.07, 6.45) is 0.474. The van der Waals surface area contributed by atoms with E-state index in [0.717, 1.165) is 4.31 Å². The Morgan fingerprint density at radius 3 is 2.36 bits per heavy atom. The van der Waals surface area contributed by atoms with Crippen LogP contribution in [-0.2, 0) is 24.8 Å². The molecule has 1 saturated heterocycles. The molecule has 3 N–H and O–H groups in total. The van der Waals surface area contributed by atoms with Crippen molar-refractivity contribution < 1.29 is 26.4 Å². The Balaban J connectivity index is 1.75. The maximum absolute atomic E-state index is 12.7. The molecule has 1 heterocycles. The van der Waals surface area contributed by atoms with Gasteiger partial charge in [-0.1, -0.05) is 13.0 Å². The average molecular weight is 495 g/mol. The molecule has 1 aliphatic rings. The molecule has 0 aliphatic carbocycles. The van der Waals surface area contributed by atoms with Crippen LogP contribution in [0, 0.1) is 6.92 Å². The van der Waals surface area contributed by atoms with Crippen LogP contribution in [0.4, 0.5) is 11.4 Å². The fourth-order valence-electron chi connectivity index (χ4n) is 3.31. The van der Waals surface area contributed by atoms with Crippen molar-refractivity contribution in [3.63, 3.8) is 0 Å². The molecule has 12 heteroatoms. The summed E-state index contributed by atoms with van der Waals surface area (Å²) in [6, 6.07) is 10.3. The summed E-state index contributed by atoms with van der Waals surface area (Å²) in [6.45, 7) is 3.62. The Morgan fingerprint density at radius 1 is 1.06 bits per heavy atom. The molecule has 178 valence electrons. The molecule has 2 aromatic carbocycles. The average Bonchev–Trinajstić information content (AvgIpc) is 2.76. The summed E-state index contributed by atoms with van der Waals surface area (Å²) in [4.78, 5) is 24.2. The van der Waals surface area contributed by atoms with Crippen LogP contribution in [0.25, 0.3) is 0 Å². The molecule has 2 amide bonds. The molecule has 10 nitrogen and oxygen atoms in total. The Kier molecular flexibility index (Phi) is 7.40. The summed E-state index contributed by atoms with van der Waals surface area (Å²) in [5.74, 6) is -0.858. The molecule has 0 aromatic heterocycles. The van der Waals surface area contributed by atoms with Crippen LogP contribution < -0.4 is 15.4 Å². The molecule has 0 spiro atoms. The van der Waals surface area contributed by atoms with E-state index in [9.17, 15) is 26.4 Å². The second kappa shape index (κ2) is 9.89. The third kappa shape index (κ3) is 5.89. The first kappa shape index (κ1) is 24.7. The Hall–Kier alpha value is -2.96. The Bertz CT molecular complexity index is 1260. The highest BCUT2D eigenvalue weighted by Crippen LogP contribution is 2.25. The predicted octanol–water partition coefficient (Wildman–Crippen LogP) is 1.52. The van der Waals surface area contributed by atoms with E-state index in [2.05, 4.69) is 15.4 Å². The number of nitrogens with zero attached hydrogens (tertiary/aromatic N) is 1. The van der Waals surface area contributed by atoms with Gasteiger partial charge in [-0.25, -0.2) is 16.8 Å². The van der Waals surface area contributed by atoms with Crippen LogP contribution in [0.1, 0.15) is 29.3 Å². The van der Waals surface area contributed by atoms with Crippen molar-refractivity contribution in [2.24, 2.45) is 0 Å². The first-order valence-electron chi connectivity index (χ1n) is 10.3. The lowest BCUT2D eigenvalue weighted by Crippen LogP contribution is -2.49. The third-order valence-corrected chi connectivity index (χ3v) is 8.41. The molecule has 3 rings (SSSR count). The number of nitrogens with one attached hydrogen (secondary N) is 3. The largest absolute Gasteiger partial charge is 0.354 e. The number of carbonyl (C=O) groups is 2. The molecule has 0 radical (unpaired) electrons. The van der Waals surface area contributed by atoms with Gasteiger partial charge in [-0.05, 0) is 55.3 Å². The lowest BCUT2D eigenvalue weighted by atomic mass is 10.1. The third-order valence-electron chi connectivity index (χ3n) is 5.08. The van der Waals surface area contributed by atoms with Crippen molar-refractivity contribution >= 4 is 43.2 Å². The van der Waals surface area contributed by atoms with E-state index < -0.39 is 26.0 Å². The number of piperazine rings is 1. The molecule has 33 heavy (non-hydrogen) atoms. The monoisotopic (exact) mass is 494 g/mol. The molecule has 1 aliphatic heterocycles. The number of anilines is 2. The van der Waals surface area contributed by atoms with Crippen molar-refractivity contribution in [2.75, 3.05) is 35.4 Å². The maximum atomic E-state index is 12.7. The van der Waals surface area contributed by atoms with E-state index in [1.54, 1.807) is 32.0 Å². The van der Waals surface area contributed by atoms with Crippen LogP contribution in [0.15, 0.2) is 47.4 Å². The fourth-order valence-corrected chi connectivity index (χ4v) is 5.90. The number of carbonyl (C=O) groups excluding carboxylic acids is 2. The number of amides is 2. The second-order valence-electron chi connectivity index (χ2n) is 7.57. The molecule has 2 aromatic rings. The van der Waals surface area contributed by atoms with E-state index in [-0.39, 0.29) is 41.8 Å². The van der Waals surface area contributed by atoms with Gasteiger partial charge >= 0.3 is 0 Å². The molecule has 1 fully saturated rings. The van der Waals surface area contributed by atoms with Gasteiger partial charge in [0, 0.05) is 24.3 Å².